The minimum absolute atomic E-state index is 0.0708. The van der Waals surface area contributed by atoms with Gasteiger partial charge in [-0.25, -0.2) is 0 Å². The molecule has 0 aliphatic rings. The third kappa shape index (κ3) is 11.6. The van der Waals surface area contributed by atoms with Gasteiger partial charge in [-0.3, -0.25) is 0 Å². The molecular weight excluding hydrogens is 572 g/mol. The monoisotopic (exact) mass is 600 g/mol. The Hall–Kier alpha value is 0.360. The molecule has 0 heterocycles. The van der Waals surface area contributed by atoms with Crippen molar-refractivity contribution in [3.63, 3.8) is 0 Å². The molecule has 0 spiro atoms. The lowest BCUT2D eigenvalue weighted by molar-refractivity contribution is 0.640. The highest BCUT2D eigenvalue weighted by atomic mass is 79.9. The molecule has 0 unspecified atom stereocenters. The Morgan fingerprint density at radius 3 is 0.880 bits per heavy atom. The molecule has 0 radical (unpaired) electrons. The zero-order chi connectivity index (χ0) is 20.5. The van der Waals surface area contributed by atoms with Crippen LogP contribution in [0.5, 0.6) is 0 Å². The van der Waals surface area contributed by atoms with E-state index in [-0.39, 0.29) is 5.41 Å². The molecule has 2 aromatic carbocycles. The van der Waals surface area contributed by atoms with Crippen LogP contribution in [0.15, 0.2) is 48.5 Å². The third-order valence-corrected chi connectivity index (χ3v) is 3.55. The summed E-state index contributed by atoms with van der Waals surface area (Å²) in [6.07, 6.45) is 0. The molecule has 0 amide bonds. The molecule has 2 aromatic rings. The average Bonchev–Trinajstić information content (AvgIpc) is 2.69. The van der Waals surface area contributed by atoms with Gasteiger partial charge in [0.15, 0.2) is 0 Å². The number of hydrogen-bond acceptors (Lipinski definition) is 0. The fourth-order valence-corrected chi connectivity index (χ4v) is 2.11. The number of alkyl halides is 4. The van der Waals surface area contributed by atoms with Crippen molar-refractivity contribution in [2.24, 2.45) is 0 Å². The van der Waals surface area contributed by atoms with E-state index in [0.29, 0.717) is 0 Å². The number of halogens is 4. The molecular formula is C21H32Br4. The maximum Gasteiger partial charge on any atom is 0.0146 e. The van der Waals surface area contributed by atoms with Crippen LogP contribution in [0.2, 0.25) is 0 Å². The van der Waals surface area contributed by atoms with E-state index in [9.17, 15) is 0 Å². The van der Waals surface area contributed by atoms with Crippen molar-refractivity contribution in [1.29, 1.82) is 0 Å². The van der Waals surface area contributed by atoms with E-state index in [2.05, 4.69) is 140 Å². The standard InChI is InChI=1S/C17H20.4CH3Br/c1-13-5-9-15(10-6-13)17(3,4)16-11-7-14(2)8-12-16;4*1-2/h5-12H,1-4H3;4*1H3. The molecule has 2 rings (SSSR count). The highest BCUT2D eigenvalue weighted by Gasteiger charge is 2.22. The highest BCUT2D eigenvalue weighted by molar-refractivity contribution is 9.09. The number of rotatable bonds is 2. The van der Waals surface area contributed by atoms with Crippen molar-refractivity contribution >= 4 is 63.7 Å². The Morgan fingerprint density at radius 2 is 0.680 bits per heavy atom. The summed E-state index contributed by atoms with van der Waals surface area (Å²) in [7, 11) is 0. The van der Waals surface area contributed by atoms with Gasteiger partial charge in [0.2, 0.25) is 0 Å². The third-order valence-electron chi connectivity index (χ3n) is 3.55. The van der Waals surface area contributed by atoms with E-state index in [1.165, 1.54) is 22.3 Å². The van der Waals surface area contributed by atoms with Crippen molar-refractivity contribution in [2.45, 2.75) is 33.1 Å². The maximum absolute atomic E-state index is 2.94. The fraction of sp³-hybridized carbons (Fsp3) is 0.429. The van der Waals surface area contributed by atoms with E-state index in [4.69, 9.17) is 0 Å². The van der Waals surface area contributed by atoms with Crippen LogP contribution >= 0.6 is 63.7 Å². The highest BCUT2D eigenvalue weighted by Crippen LogP contribution is 2.31. The molecule has 0 saturated heterocycles. The number of aryl methyl sites for hydroxylation is 2. The zero-order valence-corrected chi connectivity index (χ0v) is 23.0. The number of benzene rings is 2. The summed E-state index contributed by atoms with van der Waals surface area (Å²) >= 11 is 11.8. The van der Waals surface area contributed by atoms with Crippen LogP contribution in [0.25, 0.3) is 0 Å². The van der Waals surface area contributed by atoms with Gasteiger partial charge < -0.3 is 0 Å². The lowest BCUT2D eigenvalue weighted by Gasteiger charge is -2.26. The van der Waals surface area contributed by atoms with Crippen LogP contribution in [0, 0.1) is 13.8 Å². The SMILES string of the molecule is CBr.CBr.CBr.CBr.Cc1ccc(C(C)(C)c2ccc(C)cc2)cc1. The summed E-state index contributed by atoms with van der Waals surface area (Å²) < 4.78 is 0. The minimum Gasteiger partial charge on any atom is -0.0966 e. The van der Waals surface area contributed by atoms with Gasteiger partial charge in [-0.15, -0.1) is 0 Å². The van der Waals surface area contributed by atoms with Crippen molar-refractivity contribution < 1.29 is 0 Å². The fourth-order valence-electron chi connectivity index (χ4n) is 2.11. The van der Waals surface area contributed by atoms with Gasteiger partial charge in [-0.2, -0.15) is 0 Å². The van der Waals surface area contributed by atoms with E-state index < -0.39 is 0 Å². The van der Waals surface area contributed by atoms with Crippen molar-refractivity contribution in [3.8, 4) is 0 Å². The van der Waals surface area contributed by atoms with Crippen LogP contribution < -0.4 is 0 Å². The predicted molar refractivity (Wildman–Crippen MR) is 134 cm³/mol. The summed E-state index contributed by atoms with van der Waals surface area (Å²) in [6, 6.07) is 17.7. The molecule has 0 aliphatic heterocycles. The molecule has 0 N–H and O–H groups in total. The lowest BCUT2D eigenvalue weighted by Crippen LogP contribution is -2.18. The molecule has 0 aromatic heterocycles. The van der Waals surface area contributed by atoms with Gasteiger partial charge >= 0.3 is 0 Å². The Kier molecular flexibility index (Phi) is 23.0. The Morgan fingerprint density at radius 1 is 0.480 bits per heavy atom. The smallest absolute Gasteiger partial charge is 0.0146 e. The van der Waals surface area contributed by atoms with Crippen LogP contribution in [0.4, 0.5) is 0 Å². The molecule has 0 nitrogen and oxygen atoms in total. The van der Waals surface area contributed by atoms with Crippen LogP contribution in [-0.4, -0.2) is 23.3 Å². The van der Waals surface area contributed by atoms with E-state index in [1.54, 1.807) is 0 Å². The molecule has 144 valence electrons. The van der Waals surface area contributed by atoms with Gasteiger partial charge in [-0.05, 0) is 48.3 Å². The molecule has 0 bridgehead atoms. The van der Waals surface area contributed by atoms with Gasteiger partial charge in [-0.1, -0.05) is 137 Å². The van der Waals surface area contributed by atoms with E-state index in [1.807, 2.05) is 23.3 Å². The van der Waals surface area contributed by atoms with Gasteiger partial charge in [0.25, 0.3) is 0 Å². The van der Waals surface area contributed by atoms with Gasteiger partial charge in [0, 0.05) is 5.41 Å². The first kappa shape index (κ1) is 30.1. The van der Waals surface area contributed by atoms with Crippen molar-refractivity contribution in [1.82, 2.24) is 0 Å². The zero-order valence-electron chi connectivity index (χ0n) is 16.6. The topological polar surface area (TPSA) is 0 Å². The summed E-state index contributed by atoms with van der Waals surface area (Å²) in [4.78, 5) is 0. The average molecular weight is 604 g/mol. The van der Waals surface area contributed by atoms with Crippen molar-refractivity contribution in [3.05, 3.63) is 70.8 Å². The first-order valence-electron chi connectivity index (χ1n) is 7.65. The quantitative estimate of drug-likeness (QED) is 0.301. The predicted octanol–water partition coefficient (Wildman–Crippen LogP) is 8.67. The molecule has 0 fully saturated rings. The molecule has 0 saturated carbocycles. The summed E-state index contributed by atoms with van der Waals surface area (Å²) in [5.74, 6) is 7.25. The molecule has 0 atom stereocenters. The Balaban J connectivity index is -0.000000533. The second-order valence-electron chi connectivity index (χ2n) is 5.36. The van der Waals surface area contributed by atoms with Crippen LogP contribution in [-0.2, 0) is 5.41 Å². The van der Waals surface area contributed by atoms with E-state index in [0.717, 1.165) is 0 Å². The first-order chi connectivity index (χ1) is 12.0. The minimum atomic E-state index is 0.0708. The summed E-state index contributed by atoms with van der Waals surface area (Å²) in [5.41, 5.74) is 5.43. The molecule has 0 aliphatic carbocycles. The Labute approximate surface area is 189 Å². The van der Waals surface area contributed by atoms with E-state index >= 15 is 0 Å². The molecule has 25 heavy (non-hydrogen) atoms. The summed E-state index contributed by atoms with van der Waals surface area (Å²) in [6.45, 7) is 8.82. The van der Waals surface area contributed by atoms with Gasteiger partial charge in [0.05, 0.1) is 0 Å². The van der Waals surface area contributed by atoms with Gasteiger partial charge in [0.1, 0.15) is 0 Å². The summed E-state index contributed by atoms with van der Waals surface area (Å²) in [5, 5.41) is 0. The Bertz CT molecular complexity index is 455. The van der Waals surface area contributed by atoms with Crippen LogP contribution in [0.1, 0.15) is 36.1 Å². The van der Waals surface area contributed by atoms with Crippen LogP contribution in [0.3, 0.4) is 0 Å². The number of hydrogen-bond donors (Lipinski definition) is 0. The lowest BCUT2D eigenvalue weighted by atomic mass is 9.78. The molecule has 4 heteroatoms. The largest absolute Gasteiger partial charge is 0.0966 e. The second kappa shape index (κ2) is 19.1. The van der Waals surface area contributed by atoms with Crippen molar-refractivity contribution in [2.75, 3.05) is 23.3 Å². The maximum atomic E-state index is 2.94. The second-order valence-corrected chi connectivity index (χ2v) is 5.36. The normalized spacial score (nSPS) is 8.80. The first-order valence-corrected chi connectivity index (χ1v) is 14.0.